The second-order valence-corrected chi connectivity index (χ2v) is 0. The molecule has 5 nitrogen and oxygen atoms in total. The Morgan fingerprint density at radius 2 is 0.500 bits per heavy atom. The third-order valence-corrected chi connectivity index (χ3v) is 0. The van der Waals surface area contributed by atoms with Crippen LogP contribution in [-0.2, 0) is 45.9 Å². The zero-order valence-electron chi connectivity index (χ0n) is 3.77. The fourth-order valence-electron chi connectivity index (χ4n) is 0. The maximum Gasteiger partial charge on any atom is 5.00 e. The molecule has 0 aromatic carbocycles. The minimum Gasteiger partial charge on any atom is -2.00 e. The zero-order valence-corrected chi connectivity index (χ0v) is 12.3. The molecule has 0 aromatic heterocycles. The van der Waals surface area contributed by atoms with Crippen LogP contribution in [0.3, 0.4) is 0 Å². The van der Waals surface area contributed by atoms with E-state index in [1.165, 1.54) is 0 Å². The molecule has 8 heavy (non-hydrogen) atoms. The normalized spacial score (nSPS) is 0. The van der Waals surface area contributed by atoms with Crippen molar-refractivity contribution in [2.75, 3.05) is 0 Å². The van der Waals surface area contributed by atoms with Crippen molar-refractivity contribution in [2.45, 2.75) is 0 Å². The van der Waals surface area contributed by atoms with E-state index in [0.717, 1.165) is 0 Å². The first kappa shape index (κ1) is 120. The fourth-order valence-corrected chi connectivity index (χ4v) is 0. The summed E-state index contributed by atoms with van der Waals surface area (Å²) in [5, 5.41) is 0. The number of hydrogen-bond donors (Lipinski definition) is 0. The average Bonchev–Trinajstić information content (AvgIpc) is 0. The first-order chi connectivity index (χ1) is 0. The van der Waals surface area contributed by atoms with Crippen molar-refractivity contribution in [2.24, 2.45) is 0 Å². The van der Waals surface area contributed by atoms with Gasteiger partial charge in [0.25, 0.3) is 0 Å². The van der Waals surface area contributed by atoms with Gasteiger partial charge < -0.3 is 27.4 Å². The molecule has 0 rings (SSSR count). The van der Waals surface area contributed by atoms with Crippen LogP contribution in [-0.4, -0.2) is 45.5 Å². The molecule has 0 saturated heterocycles. The van der Waals surface area contributed by atoms with Crippen LogP contribution < -0.4 is 0 Å². The quantitative estimate of drug-likeness (QED) is 0.491. The molecule has 0 aliphatic carbocycles. The van der Waals surface area contributed by atoms with E-state index in [0.29, 0.717) is 0 Å². The summed E-state index contributed by atoms with van der Waals surface area (Å²) in [5.74, 6) is 0. The Kier molecular flexibility index (Phi) is 1320. The van der Waals surface area contributed by atoms with Crippen molar-refractivity contribution in [3.05, 3.63) is 0 Å². The van der Waals surface area contributed by atoms with Gasteiger partial charge in [-0.3, -0.25) is 0 Å². The van der Waals surface area contributed by atoms with Crippen molar-refractivity contribution in [3.63, 3.8) is 0 Å². The Hall–Kier alpha value is 3.06. The van der Waals surface area contributed by atoms with Gasteiger partial charge in [0.15, 0.2) is 0 Å². The monoisotopic (exact) mass is 358 g/mol. The molecule has 8 heteroatoms. The third kappa shape index (κ3) is 62.9. The van der Waals surface area contributed by atoms with E-state index in [1.807, 2.05) is 0 Å². The Labute approximate surface area is 124 Å². The van der Waals surface area contributed by atoms with Gasteiger partial charge in [0.05, 0.1) is 0 Å². The van der Waals surface area contributed by atoms with Crippen LogP contribution in [0.1, 0.15) is 0 Å². The molecule has 0 spiro atoms. The SMILES string of the molecule is [La+3].[O-2].[O-2].[O-2].[O-2].[O-2].[Sr+2].[V+5]. The fraction of sp³-hybridized carbons (Fsp3) is 0. The zero-order chi connectivity index (χ0) is 0. The van der Waals surface area contributed by atoms with Crippen molar-refractivity contribution in [1.29, 1.82) is 0 Å². The second-order valence-electron chi connectivity index (χ2n) is 0. The molecule has 0 bridgehead atoms. The first-order valence-electron chi connectivity index (χ1n) is 0. The van der Waals surface area contributed by atoms with Gasteiger partial charge in [-0.15, -0.1) is 0 Å². The van der Waals surface area contributed by atoms with Crippen molar-refractivity contribution >= 4 is 45.5 Å². The third-order valence-electron chi connectivity index (χ3n) is 0. The molecule has 0 unspecified atom stereocenters. The van der Waals surface area contributed by atoms with Gasteiger partial charge >= 0.3 is 99.6 Å². The summed E-state index contributed by atoms with van der Waals surface area (Å²) in [7, 11) is 0. The average molecular weight is 357 g/mol. The largest absolute Gasteiger partial charge is 5.00 e. The van der Waals surface area contributed by atoms with Gasteiger partial charge in [-0.1, -0.05) is 0 Å². The number of rotatable bonds is 0. The maximum absolute atomic E-state index is 0. The predicted molar refractivity (Wildman–Crippen MR) is 9.19 cm³/mol. The molecular formula is LaO5SrV. The molecular weight excluding hydrogens is 357 g/mol. The van der Waals surface area contributed by atoms with Crippen LogP contribution in [0.2, 0.25) is 0 Å². The van der Waals surface area contributed by atoms with E-state index in [1.54, 1.807) is 0 Å². The minimum atomic E-state index is 0. The Balaban J connectivity index is 0. The summed E-state index contributed by atoms with van der Waals surface area (Å²) in [6, 6.07) is 0. The van der Waals surface area contributed by atoms with Crippen LogP contribution in [0.4, 0.5) is 0 Å². The van der Waals surface area contributed by atoms with E-state index < -0.39 is 0 Å². The molecule has 0 N–H and O–H groups in total. The first-order valence-corrected chi connectivity index (χ1v) is 0. The molecule has 0 aliphatic heterocycles. The Morgan fingerprint density at radius 1 is 0.500 bits per heavy atom. The molecule has 0 aromatic rings. The van der Waals surface area contributed by atoms with Crippen molar-refractivity contribution in [1.82, 2.24) is 0 Å². The molecule has 0 fully saturated rings. The number of hydrogen-bond acceptors (Lipinski definition) is 0. The van der Waals surface area contributed by atoms with Crippen LogP contribution in [0.15, 0.2) is 0 Å². The summed E-state index contributed by atoms with van der Waals surface area (Å²) in [5.41, 5.74) is 0. The van der Waals surface area contributed by atoms with Gasteiger partial charge in [0, 0.05) is 0 Å². The summed E-state index contributed by atoms with van der Waals surface area (Å²) < 4.78 is 0. The molecule has 0 heterocycles. The van der Waals surface area contributed by atoms with E-state index in [-0.39, 0.29) is 127 Å². The van der Waals surface area contributed by atoms with Crippen LogP contribution >= 0.6 is 0 Å². The van der Waals surface area contributed by atoms with E-state index in [4.69, 9.17) is 0 Å². The second kappa shape index (κ2) is 88.2. The van der Waals surface area contributed by atoms with Crippen molar-refractivity contribution in [3.8, 4) is 0 Å². The molecule has 0 aliphatic rings. The van der Waals surface area contributed by atoms with Crippen LogP contribution in [0.25, 0.3) is 0 Å². The Bertz CT molecular complexity index is 12.4. The minimum absolute atomic E-state index is 0. The molecule has 0 amide bonds. The van der Waals surface area contributed by atoms with Gasteiger partial charge in [-0.05, 0) is 0 Å². The maximum atomic E-state index is 0. The summed E-state index contributed by atoms with van der Waals surface area (Å²) >= 11 is 0. The summed E-state index contributed by atoms with van der Waals surface area (Å²) in [6.07, 6.45) is 0. The smallest absolute Gasteiger partial charge is 2.00 e. The topological polar surface area (TPSA) is 142 Å². The molecule has 0 radical (unpaired) electrons. The van der Waals surface area contributed by atoms with Gasteiger partial charge in [0.1, 0.15) is 0 Å². The standard InChI is InChI=1S/La.5O.Sr.V/q+3;5*-2;+2;+5. The van der Waals surface area contributed by atoms with Gasteiger partial charge in [-0.25, -0.2) is 0 Å². The van der Waals surface area contributed by atoms with Crippen LogP contribution in [0, 0.1) is 35.6 Å². The van der Waals surface area contributed by atoms with Crippen molar-refractivity contribution < 1.29 is 81.5 Å². The van der Waals surface area contributed by atoms with E-state index >= 15 is 0 Å². The van der Waals surface area contributed by atoms with Crippen LogP contribution in [0.5, 0.6) is 0 Å². The van der Waals surface area contributed by atoms with Gasteiger partial charge in [-0.2, -0.15) is 0 Å². The van der Waals surface area contributed by atoms with E-state index in [9.17, 15) is 0 Å². The molecule has 0 saturated carbocycles. The molecule has 40 valence electrons. The van der Waals surface area contributed by atoms with Gasteiger partial charge in [0.2, 0.25) is 0 Å². The predicted octanol–water partition coefficient (Wildman–Crippen LogP) is -0.977. The summed E-state index contributed by atoms with van der Waals surface area (Å²) in [6.45, 7) is 0. The Morgan fingerprint density at radius 3 is 0.500 bits per heavy atom. The molecule has 0 atom stereocenters. The summed E-state index contributed by atoms with van der Waals surface area (Å²) in [4.78, 5) is 0. The van der Waals surface area contributed by atoms with E-state index in [2.05, 4.69) is 0 Å².